The summed E-state index contributed by atoms with van der Waals surface area (Å²) in [7, 11) is 0. The third-order valence-electron chi connectivity index (χ3n) is 2.95. The first-order valence-corrected chi connectivity index (χ1v) is 6.77. The molecule has 2 aromatic rings. The van der Waals surface area contributed by atoms with E-state index in [9.17, 15) is 0 Å². The van der Waals surface area contributed by atoms with Crippen LogP contribution in [0.4, 0.5) is 0 Å². The number of pyridine rings is 1. The number of nitrogens with one attached hydrogen (secondary N) is 1. The van der Waals surface area contributed by atoms with Gasteiger partial charge in [-0.3, -0.25) is 4.98 Å². The van der Waals surface area contributed by atoms with Gasteiger partial charge in [-0.25, -0.2) is 0 Å². The van der Waals surface area contributed by atoms with Crippen molar-refractivity contribution in [3.05, 3.63) is 66.0 Å². The normalized spacial score (nSPS) is 13.2. The highest BCUT2D eigenvalue weighted by Gasteiger charge is 2.19. The summed E-state index contributed by atoms with van der Waals surface area (Å²) in [6.45, 7) is 6.59. The fourth-order valence-electron chi connectivity index (χ4n) is 2.19. The maximum atomic E-state index is 4.43. The molecular weight excluding hydrogens is 232 g/mol. The lowest BCUT2D eigenvalue weighted by Gasteiger charge is -2.29. The number of hydrogen-bond acceptors (Lipinski definition) is 2. The Balaban J connectivity index is 2.20. The topological polar surface area (TPSA) is 24.9 Å². The lowest BCUT2D eigenvalue weighted by atomic mass is 9.97. The Morgan fingerprint density at radius 2 is 1.68 bits per heavy atom. The average Bonchev–Trinajstić information content (AvgIpc) is 2.39. The van der Waals surface area contributed by atoms with Gasteiger partial charge in [-0.2, -0.15) is 0 Å². The molecule has 1 heterocycles. The molecule has 1 atom stereocenters. The third-order valence-corrected chi connectivity index (χ3v) is 2.95. The smallest absolute Gasteiger partial charge is 0.0422 e. The van der Waals surface area contributed by atoms with Gasteiger partial charge < -0.3 is 5.32 Å². The number of nitrogens with zero attached hydrogens (tertiary/aromatic N) is 1. The molecule has 0 fully saturated rings. The molecule has 0 bridgehead atoms. The molecule has 1 aromatic heterocycles. The van der Waals surface area contributed by atoms with Gasteiger partial charge in [-0.15, -0.1) is 0 Å². The van der Waals surface area contributed by atoms with Crippen molar-refractivity contribution in [1.82, 2.24) is 10.3 Å². The minimum absolute atomic E-state index is 0.0787. The zero-order chi connectivity index (χ0) is 13.7. The fraction of sp³-hybridized carbons (Fsp3) is 0.353. The van der Waals surface area contributed by atoms with Crippen molar-refractivity contribution in [1.29, 1.82) is 0 Å². The molecule has 1 N–H and O–H groups in total. The van der Waals surface area contributed by atoms with Gasteiger partial charge in [0.15, 0.2) is 0 Å². The van der Waals surface area contributed by atoms with E-state index in [0.29, 0.717) is 0 Å². The van der Waals surface area contributed by atoms with Crippen LogP contribution in [0.5, 0.6) is 0 Å². The van der Waals surface area contributed by atoms with E-state index in [1.807, 2.05) is 18.3 Å². The van der Waals surface area contributed by atoms with Crippen LogP contribution in [0.1, 0.15) is 38.1 Å². The lowest BCUT2D eigenvalue weighted by Crippen LogP contribution is -2.39. The molecule has 0 saturated carbocycles. The molecule has 2 heteroatoms. The van der Waals surface area contributed by atoms with Gasteiger partial charge in [-0.1, -0.05) is 36.4 Å². The molecule has 100 valence electrons. The van der Waals surface area contributed by atoms with Crippen molar-refractivity contribution >= 4 is 0 Å². The highest BCUT2D eigenvalue weighted by atomic mass is 15.0. The monoisotopic (exact) mass is 254 g/mol. The van der Waals surface area contributed by atoms with E-state index in [0.717, 1.165) is 12.1 Å². The molecule has 0 aliphatic heterocycles. The van der Waals surface area contributed by atoms with E-state index in [2.05, 4.69) is 67.5 Å². The van der Waals surface area contributed by atoms with Crippen LogP contribution in [0.25, 0.3) is 0 Å². The second kappa shape index (κ2) is 5.98. The van der Waals surface area contributed by atoms with E-state index in [1.54, 1.807) is 0 Å². The summed E-state index contributed by atoms with van der Waals surface area (Å²) in [5.41, 5.74) is 2.51. The minimum Gasteiger partial charge on any atom is -0.305 e. The number of rotatable bonds is 4. The lowest BCUT2D eigenvalue weighted by molar-refractivity contribution is 0.360. The summed E-state index contributed by atoms with van der Waals surface area (Å²) in [4.78, 5) is 4.43. The van der Waals surface area contributed by atoms with Gasteiger partial charge in [0.2, 0.25) is 0 Å². The molecule has 1 unspecified atom stereocenters. The second-order valence-electron chi connectivity index (χ2n) is 5.88. The maximum absolute atomic E-state index is 4.43. The highest BCUT2D eigenvalue weighted by Crippen LogP contribution is 2.20. The number of hydrogen-bond donors (Lipinski definition) is 1. The SMILES string of the molecule is CC(C)(C)NC(Cc1ccccn1)c1ccccc1. The number of aromatic nitrogens is 1. The first-order chi connectivity index (χ1) is 9.04. The quantitative estimate of drug-likeness (QED) is 0.898. The van der Waals surface area contributed by atoms with E-state index in [-0.39, 0.29) is 11.6 Å². The Hall–Kier alpha value is -1.67. The molecule has 0 aliphatic rings. The first kappa shape index (κ1) is 13.8. The Kier molecular flexibility index (Phi) is 4.33. The molecule has 1 aromatic carbocycles. The molecule has 0 radical (unpaired) electrons. The van der Waals surface area contributed by atoms with Gasteiger partial charge >= 0.3 is 0 Å². The van der Waals surface area contributed by atoms with Crippen LogP contribution in [0, 0.1) is 0 Å². The molecule has 0 spiro atoms. The van der Waals surface area contributed by atoms with E-state index < -0.39 is 0 Å². The van der Waals surface area contributed by atoms with Crippen molar-refractivity contribution in [3.8, 4) is 0 Å². The Morgan fingerprint density at radius 3 is 2.26 bits per heavy atom. The van der Waals surface area contributed by atoms with E-state index >= 15 is 0 Å². The molecule has 0 aliphatic carbocycles. The van der Waals surface area contributed by atoms with Crippen LogP contribution >= 0.6 is 0 Å². The van der Waals surface area contributed by atoms with E-state index in [4.69, 9.17) is 0 Å². The maximum Gasteiger partial charge on any atom is 0.0422 e. The third kappa shape index (κ3) is 4.49. The van der Waals surface area contributed by atoms with E-state index in [1.165, 1.54) is 5.56 Å². The standard InChI is InChI=1S/C17H22N2/c1-17(2,3)19-16(14-9-5-4-6-10-14)13-15-11-7-8-12-18-15/h4-12,16,19H,13H2,1-3H3. The fourth-order valence-corrected chi connectivity index (χ4v) is 2.19. The first-order valence-electron chi connectivity index (χ1n) is 6.77. The van der Waals surface area contributed by atoms with Crippen molar-refractivity contribution in [2.24, 2.45) is 0 Å². The zero-order valence-electron chi connectivity index (χ0n) is 11.9. The van der Waals surface area contributed by atoms with Crippen molar-refractivity contribution in [2.75, 3.05) is 0 Å². The van der Waals surface area contributed by atoms with Gasteiger partial charge in [0.1, 0.15) is 0 Å². The van der Waals surface area contributed by atoms with Crippen LogP contribution in [-0.2, 0) is 6.42 Å². The summed E-state index contributed by atoms with van der Waals surface area (Å²) in [5.74, 6) is 0. The summed E-state index contributed by atoms with van der Waals surface area (Å²) < 4.78 is 0. The molecule has 2 nitrogen and oxygen atoms in total. The van der Waals surface area contributed by atoms with Crippen LogP contribution in [-0.4, -0.2) is 10.5 Å². The van der Waals surface area contributed by atoms with Crippen molar-refractivity contribution < 1.29 is 0 Å². The van der Waals surface area contributed by atoms with Gasteiger partial charge in [0.25, 0.3) is 0 Å². The van der Waals surface area contributed by atoms with Crippen LogP contribution in [0.3, 0.4) is 0 Å². The van der Waals surface area contributed by atoms with Crippen LogP contribution in [0.2, 0.25) is 0 Å². The summed E-state index contributed by atoms with van der Waals surface area (Å²) in [5, 5.41) is 3.68. The van der Waals surface area contributed by atoms with Crippen molar-refractivity contribution in [2.45, 2.75) is 38.8 Å². The van der Waals surface area contributed by atoms with Crippen LogP contribution in [0.15, 0.2) is 54.7 Å². The van der Waals surface area contributed by atoms with Crippen molar-refractivity contribution in [3.63, 3.8) is 0 Å². The van der Waals surface area contributed by atoms with Gasteiger partial charge in [-0.05, 0) is 38.5 Å². The molecule has 0 saturated heterocycles. The minimum atomic E-state index is 0.0787. The molecule has 2 rings (SSSR count). The largest absolute Gasteiger partial charge is 0.305 e. The number of benzene rings is 1. The summed E-state index contributed by atoms with van der Waals surface area (Å²) in [6, 6.07) is 16.9. The molecule has 19 heavy (non-hydrogen) atoms. The Morgan fingerprint density at radius 1 is 1.00 bits per heavy atom. The average molecular weight is 254 g/mol. The van der Waals surface area contributed by atoms with Gasteiger partial charge in [0, 0.05) is 29.9 Å². The molecule has 0 amide bonds. The predicted molar refractivity (Wildman–Crippen MR) is 80.0 cm³/mol. The second-order valence-corrected chi connectivity index (χ2v) is 5.88. The summed E-state index contributed by atoms with van der Waals surface area (Å²) in [6.07, 6.45) is 2.76. The van der Waals surface area contributed by atoms with Crippen LogP contribution < -0.4 is 5.32 Å². The Bertz CT molecular complexity index is 486. The summed E-state index contributed by atoms with van der Waals surface area (Å²) >= 11 is 0. The zero-order valence-corrected chi connectivity index (χ0v) is 11.9. The Labute approximate surface area is 115 Å². The predicted octanol–water partition coefficient (Wildman–Crippen LogP) is 3.75. The highest BCUT2D eigenvalue weighted by molar-refractivity contribution is 5.21. The van der Waals surface area contributed by atoms with Gasteiger partial charge in [0.05, 0.1) is 0 Å². The molecular formula is C17H22N2.